The van der Waals surface area contributed by atoms with E-state index >= 15 is 0 Å². The van der Waals surface area contributed by atoms with Gasteiger partial charge in [0.15, 0.2) is 0 Å². The Morgan fingerprint density at radius 2 is 1.48 bits per heavy atom. The van der Waals surface area contributed by atoms with Gasteiger partial charge in [0.25, 0.3) is 11.8 Å². The zero-order chi connectivity index (χ0) is 33.3. The molecule has 0 spiro atoms. The highest BCUT2D eigenvalue weighted by Crippen LogP contribution is 2.39. The van der Waals surface area contributed by atoms with Crippen LogP contribution in [0, 0.1) is 6.92 Å². The van der Waals surface area contributed by atoms with E-state index in [0.717, 1.165) is 54.4 Å². The van der Waals surface area contributed by atoms with Gasteiger partial charge in [-0.1, -0.05) is 86.0 Å². The Morgan fingerprint density at radius 3 is 2.13 bits per heavy atom. The lowest BCUT2D eigenvalue weighted by Crippen LogP contribution is -2.51. The second kappa shape index (κ2) is 15.9. The molecule has 0 saturated heterocycles. The van der Waals surface area contributed by atoms with E-state index in [4.69, 9.17) is 0 Å². The highest BCUT2D eigenvalue weighted by molar-refractivity contribution is 5.97. The lowest BCUT2D eigenvalue weighted by atomic mass is 9.89. The van der Waals surface area contributed by atoms with Gasteiger partial charge in [-0.15, -0.1) is 0 Å². The van der Waals surface area contributed by atoms with Crippen LogP contribution >= 0.6 is 0 Å². The molecule has 248 valence electrons. The van der Waals surface area contributed by atoms with E-state index in [1.807, 2.05) is 98.5 Å². The van der Waals surface area contributed by atoms with Gasteiger partial charge >= 0.3 is 0 Å². The van der Waals surface area contributed by atoms with Gasteiger partial charge in [0.2, 0.25) is 0 Å². The molecule has 1 atom stereocenters. The molecule has 7 nitrogen and oxygen atoms in total. The maximum absolute atomic E-state index is 14.1. The number of hydrogen-bond acceptors (Lipinski definition) is 5. The zero-order valence-electron chi connectivity index (χ0n) is 28.0. The summed E-state index contributed by atoms with van der Waals surface area (Å²) in [6, 6.07) is 23.1. The summed E-state index contributed by atoms with van der Waals surface area (Å²) in [6.45, 7) is 8.29. The number of nitrogens with zero attached hydrogens (tertiary/aromatic N) is 2. The second-order valence-corrected chi connectivity index (χ2v) is 13.3. The van der Waals surface area contributed by atoms with Gasteiger partial charge < -0.3 is 25.1 Å². The van der Waals surface area contributed by atoms with Crippen molar-refractivity contribution in [3.05, 3.63) is 106 Å². The number of carbonyl (C=O) groups is 2. The van der Waals surface area contributed by atoms with Gasteiger partial charge in [-0.25, -0.2) is 0 Å². The summed E-state index contributed by atoms with van der Waals surface area (Å²) in [5.74, 6) is -0.249. The Hall–Kier alpha value is -3.52. The summed E-state index contributed by atoms with van der Waals surface area (Å²) in [7, 11) is 0. The van der Waals surface area contributed by atoms with E-state index in [1.165, 1.54) is 0 Å². The minimum absolute atomic E-state index is 0.0561. The Labute approximate surface area is 274 Å². The molecule has 1 aliphatic rings. The van der Waals surface area contributed by atoms with Crippen molar-refractivity contribution in [3.63, 3.8) is 0 Å². The van der Waals surface area contributed by atoms with Gasteiger partial charge in [-0.3, -0.25) is 9.59 Å². The molecule has 4 rings (SSSR count). The predicted octanol–water partition coefficient (Wildman–Crippen LogP) is 6.06. The minimum atomic E-state index is -0.740. The number of rotatable bonds is 15. The number of carbonyl (C=O) groups excluding carboxylic acids is 2. The fourth-order valence-electron chi connectivity index (χ4n) is 7.25. The highest BCUT2D eigenvalue weighted by Gasteiger charge is 2.41. The maximum atomic E-state index is 14.1. The monoisotopic (exact) mass is 628 g/mol. The van der Waals surface area contributed by atoms with Crippen LogP contribution in [0.5, 0.6) is 0 Å². The molecule has 0 bridgehead atoms. The molecular weight excluding hydrogens is 576 g/mol. The fourth-order valence-corrected chi connectivity index (χ4v) is 7.25. The standard InChI is InChI=1S/C39H52N2O5/c1-5-39(21-11-12-22-39)41(24-26-43)37(46)34-16-10-9-13-30(34)18-19-33(44)28-31-27-29(2)17-20-35(31)36(45)40(23-25-42)38(3,4)32-14-7-6-8-15-32/h6-10,13-17,20,27,33,42-44H,5,11-12,18-19,21-26,28H2,1-4H3. The lowest BCUT2D eigenvalue weighted by Gasteiger charge is -2.41. The number of aliphatic hydroxyl groups is 3. The molecule has 0 aromatic heterocycles. The van der Waals surface area contributed by atoms with Crippen LogP contribution < -0.4 is 0 Å². The number of aryl methyl sites for hydroxylation is 2. The van der Waals surface area contributed by atoms with Gasteiger partial charge in [-0.05, 0) is 88.1 Å². The lowest BCUT2D eigenvalue weighted by molar-refractivity contribution is 0.0397. The molecule has 3 N–H and O–H groups in total. The molecule has 7 heteroatoms. The molecular formula is C39H52N2O5. The molecule has 3 aromatic rings. The first kappa shape index (κ1) is 35.3. The number of benzene rings is 3. The number of amides is 2. The van der Waals surface area contributed by atoms with E-state index in [9.17, 15) is 24.9 Å². The first-order valence-electron chi connectivity index (χ1n) is 16.8. The third-order valence-electron chi connectivity index (χ3n) is 10.00. The third kappa shape index (κ3) is 7.88. The quantitative estimate of drug-likeness (QED) is 0.190. The van der Waals surface area contributed by atoms with Crippen LogP contribution in [-0.2, 0) is 18.4 Å². The molecule has 0 radical (unpaired) electrons. The minimum Gasteiger partial charge on any atom is -0.395 e. The molecule has 1 aliphatic carbocycles. The van der Waals surface area contributed by atoms with E-state index in [0.29, 0.717) is 30.5 Å². The summed E-state index contributed by atoms with van der Waals surface area (Å²) in [5, 5.41) is 31.1. The van der Waals surface area contributed by atoms with Crippen LogP contribution in [-0.4, -0.2) is 74.9 Å². The maximum Gasteiger partial charge on any atom is 0.254 e. The first-order valence-corrected chi connectivity index (χ1v) is 16.8. The van der Waals surface area contributed by atoms with Crippen molar-refractivity contribution in [1.29, 1.82) is 0 Å². The van der Waals surface area contributed by atoms with E-state index in [2.05, 4.69) is 6.92 Å². The molecule has 1 unspecified atom stereocenters. The van der Waals surface area contributed by atoms with Crippen molar-refractivity contribution in [1.82, 2.24) is 9.80 Å². The van der Waals surface area contributed by atoms with Crippen molar-refractivity contribution >= 4 is 11.8 Å². The van der Waals surface area contributed by atoms with E-state index in [-0.39, 0.29) is 43.5 Å². The Bertz CT molecular complexity index is 1450. The fraction of sp³-hybridized carbons (Fsp3) is 0.487. The molecule has 1 saturated carbocycles. The molecule has 3 aromatic carbocycles. The van der Waals surface area contributed by atoms with Crippen LogP contribution in [0.2, 0.25) is 0 Å². The number of hydrogen-bond donors (Lipinski definition) is 3. The summed E-state index contributed by atoms with van der Waals surface area (Å²) in [4.78, 5) is 31.7. The van der Waals surface area contributed by atoms with Crippen LogP contribution in [0.15, 0.2) is 72.8 Å². The van der Waals surface area contributed by atoms with Crippen molar-refractivity contribution < 1.29 is 24.9 Å². The SMILES string of the molecule is CCC1(N(CCO)C(=O)c2ccccc2CCC(O)Cc2cc(C)ccc2C(=O)N(CCO)C(C)(C)c2ccccc2)CCCC1. The summed E-state index contributed by atoms with van der Waals surface area (Å²) in [6.07, 6.45) is 5.39. The highest BCUT2D eigenvalue weighted by atomic mass is 16.3. The van der Waals surface area contributed by atoms with Crippen molar-refractivity contribution in [2.75, 3.05) is 26.3 Å². The third-order valence-corrected chi connectivity index (χ3v) is 10.00. The van der Waals surface area contributed by atoms with Crippen molar-refractivity contribution in [2.24, 2.45) is 0 Å². The zero-order valence-corrected chi connectivity index (χ0v) is 28.0. The molecule has 1 fully saturated rings. The van der Waals surface area contributed by atoms with Crippen LogP contribution in [0.25, 0.3) is 0 Å². The number of β-amino-alcohol motifs (C(OH)–C–C–N with tert-alkyl or cyclic N) is 1. The summed E-state index contributed by atoms with van der Waals surface area (Å²) >= 11 is 0. The normalized spacial score (nSPS) is 15.0. The average Bonchev–Trinajstić information content (AvgIpc) is 3.55. The van der Waals surface area contributed by atoms with Gasteiger partial charge in [-0.2, -0.15) is 0 Å². The van der Waals surface area contributed by atoms with Gasteiger partial charge in [0.1, 0.15) is 0 Å². The summed E-state index contributed by atoms with van der Waals surface area (Å²) < 4.78 is 0. The van der Waals surface area contributed by atoms with Crippen LogP contribution in [0.4, 0.5) is 0 Å². The van der Waals surface area contributed by atoms with E-state index in [1.54, 1.807) is 4.90 Å². The topological polar surface area (TPSA) is 101 Å². The molecule has 0 aliphatic heterocycles. The molecule has 0 heterocycles. The summed E-state index contributed by atoms with van der Waals surface area (Å²) in [5.41, 5.74) is 3.83. The first-order chi connectivity index (χ1) is 22.1. The number of aliphatic hydroxyl groups excluding tert-OH is 3. The van der Waals surface area contributed by atoms with Crippen molar-refractivity contribution in [3.8, 4) is 0 Å². The average molecular weight is 629 g/mol. The van der Waals surface area contributed by atoms with E-state index < -0.39 is 11.6 Å². The van der Waals surface area contributed by atoms with Crippen molar-refractivity contribution in [2.45, 2.75) is 96.2 Å². The smallest absolute Gasteiger partial charge is 0.254 e. The Morgan fingerprint density at radius 1 is 0.848 bits per heavy atom. The Balaban J connectivity index is 1.53. The Kier molecular flexibility index (Phi) is 12.2. The largest absolute Gasteiger partial charge is 0.395 e. The second-order valence-electron chi connectivity index (χ2n) is 13.3. The predicted molar refractivity (Wildman–Crippen MR) is 183 cm³/mol. The van der Waals surface area contributed by atoms with Crippen LogP contribution in [0.1, 0.15) is 102 Å². The molecule has 46 heavy (non-hydrogen) atoms. The van der Waals surface area contributed by atoms with Gasteiger partial charge in [0, 0.05) is 29.8 Å². The molecule has 2 amide bonds. The van der Waals surface area contributed by atoms with Gasteiger partial charge in [0.05, 0.1) is 24.9 Å². The van der Waals surface area contributed by atoms with Crippen LogP contribution in [0.3, 0.4) is 0 Å².